The van der Waals surface area contributed by atoms with Crippen LogP contribution in [0, 0.1) is 0 Å². The zero-order chi connectivity index (χ0) is 17.3. The third-order valence-electron chi connectivity index (χ3n) is 4.96. The molecule has 2 aliphatic heterocycles. The van der Waals surface area contributed by atoms with E-state index < -0.39 is 17.7 Å². The number of ether oxygens (including phenoxy) is 2. The van der Waals surface area contributed by atoms with Crippen LogP contribution in [0.3, 0.4) is 0 Å². The molecule has 1 amide bonds. The minimum absolute atomic E-state index is 0.192. The van der Waals surface area contributed by atoms with Gasteiger partial charge in [0.1, 0.15) is 6.61 Å². The average molecular weight is 337 g/mol. The fourth-order valence-electron chi connectivity index (χ4n) is 3.70. The van der Waals surface area contributed by atoms with Crippen molar-refractivity contribution in [1.82, 2.24) is 4.90 Å². The first-order chi connectivity index (χ1) is 12.2. The molecule has 0 saturated carbocycles. The Balaban J connectivity index is 1.53. The summed E-state index contributed by atoms with van der Waals surface area (Å²) in [5, 5.41) is 0. The van der Waals surface area contributed by atoms with Gasteiger partial charge in [-0.3, -0.25) is 4.90 Å². The molecule has 0 unspecified atom stereocenters. The lowest BCUT2D eigenvalue weighted by Crippen LogP contribution is -2.65. The van der Waals surface area contributed by atoms with Crippen molar-refractivity contribution in [3.63, 3.8) is 0 Å². The van der Waals surface area contributed by atoms with Crippen molar-refractivity contribution >= 4 is 12.1 Å². The summed E-state index contributed by atoms with van der Waals surface area (Å²) < 4.78 is 10.9. The quantitative estimate of drug-likeness (QED) is 0.805. The summed E-state index contributed by atoms with van der Waals surface area (Å²) in [6, 6.07) is 19.1. The SMILES string of the molecule is O=C(OCc1ccccc1)N1CCC[C@@]12C(=O)O[C@@H]2c1ccccc1. The molecule has 2 saturated heterocycles. The van der Waals surface area contributed by atoms with Gasteiger partial charge in [0.25, 0.3) is 0 Å². The highest BCUT2D eigenvalue weighted by Crippen LogP contribution is 2.50. The predicted octanol–water partition coefficient (Wildman–Crippen LogP) is 3.46. The van der Waals surface area contributed by atoms with Crippen LogP contribution in [0.25, 0.3) is 0 Å². The van der Waals surface area contributed by atoms with E-state index in [0.717, 1.165) is 17.5 Å². The highest BCUT2D eigenvalue weighted by molar-refractivity contribution is 5.92. The number of likely N-dealkylation sites (tertiary alicyclic amines) is 1. The summed E-state index contributed by atoms with van der Waals surface area (Å²) in [5.74, 6) is -0.337. The Kier molecular flexibility index (Phi) is 3.92. The standard InChI is InChI=1S/C20H19NO4/c22-18-20(17(25-18)16-10-5-2-6-11-16)12-7-13-21(20)19(23)24-14-15-8-3-1-4-9-15/h1-6,8-11,17H,7,12-14H2/t17-,20-/m1/s1. The van der Waals surface area contributed by atoms with Gasteiger partial charge >= 0.3 is 12.1 Å². The maximum Gasteiger partial charge on any atom is 0.411 e. The van der Waals surface area contributed by atoms with Gasteiger partial charge in [-0.2, -0.15) is 0 Å². The van der Waals surface area contributed by atoms with Gasteiger partial charge in [-0.05, 0) is 24.0 Å². The van der Waals surface area contributed by atoms with Crippen LogP contribution >= 0.6 is 0 Å². The molecule has 25 heavy (non-hydrogen) atoms. The molecule has 0 bridgehead atoms. The number of benzene rings is 2. The zero-order valence-electron chi connectivity index (χ0n) is 13.8. The summed E-state index contributed by atoms with van der Waals surface area (Å²) in [6.45, 7) is 0.698. The fraction of sp³-hybridized carbons (Fsp3) is 0.300. The Labute approximate surface area is 146 Å². The molecule has 2 aromatic rings. The van der Waals surface area contributed by atoms with Crippen LogP contribution in [0.5, 0.6) is 0 Å². The molecule has 2 fully saturated rings. The van der Waals surface area contributed by atoms with Crippen molar-refractivity contribution in [2.24, 2.45) is 0 Å². The second kappa shape index (κ2) is 6.24. The molecule has 4 rings (SSSR count). The van der Waals surface area contributed by atoms with Gasteiger partial charge in [-0.1, -0.05) is 60.7 Å². The third kappa shape index (κ3) is 2.56. The predicted molar refractivity (Wildman–Crippen MR) is 90.6 cm³/mol. The van der Waals surface area contributed by atoms with Crippen LogP contribution in [-0.2, 0) is 20.9 Å². The number of nitrogens with zero attached hydrogens (tertiary/aromatic N) is 1. The molecule has 0 aromatic heterocycles. The molecule has 2 heterocycles. The Morgan fingerprint density at radius 2 is 1.80 bits per heavy atom. The van der Waals surface area contributed by atoms with E-state index in [4.69, 9.17) is 9.47 Å². The number of amides is 1. The van der Waals surface area contributed by atoms with Crippen molar-refractivity contribution in [3.8, 4) is 0 Å². The first-order valence-electron chi connectivity index (χ1n) is 8.46. The number of rotatable bonds is 3. The second-order valence-corrected chi connectivity index (χ2v) is 6.42. The molecule has 0 N–H and O–H groups in total. The lowest BCUT2D eigenvalue weighted by molar-refractivity contribution is -0.206. The summed E-state index contributed by atoms with van der Waals surface area (Å²) >= 11 is 0. The normalized spacial score (nSPS) is 24.7. The molecule has 5 heteroatoms. The van der Waals surface area contributed by atoms with Crippen molar-refractivity contribution in [1.29, 1.82) is 0 Å². The maximum absolute atomic E-state index is 12.6. The van der Waals surface area contributed by atoms with Gasteiger partial charge in [0.05, 0.1) is 0 Å². The molecular weight excluding hydrogens is 318 g/mol. The molecule has 0 radical (unpaired) electrons. The van der Waals surface area contributed by atoms with Crippen LogP contribution in [0.2, 0.25) is 0 Å². The van der Waals surface area contributed by atoms with E-state index in [2.05, 4.69) is 0 Å². The lowest BCUT2D eigenvalue weighted by atomic mass is 9.80. The number of carbonyl (C=O) groups excluding carboxylic acids is 2. The number of hydrogen-bond donors (Lipinski definition) is 0. The molecule has 128 valence electrons. The maximum atomic E-state index is 12.6. The van der Waals surface area contributed by atoms with Gasteiger partial charge in [0, 0.05) is 6.54 Å². The minimum atomic E-state index is -0.922. The van der Waals surface area contributed by atoms with Gasteiger partial charge in [-0.15, -0.1) is 0 Å². The van der Waals surface area contributed by atoms with E-state index in [1.54, 1.807) is 4.90 Å². The monoisotopic (exact) mass is 337 g/mol. The number of hydrogen-bond acceptors (Lipinski definition) is 4. The Bertz CT molecular complexity index is 777. The number of esters is 1. The van der Waals surface area contributed by atoms with Gasteiger partial charge in [0.2, 0.25) is 0 Å². The van der Waals surface area contributed by atoms with Crippen LogP contribution < -0.4 is 0 Å². The molecule has 2 aromatic carbocycles. The van der Waals surface area contributed by atoms with Crippen molar-refractivity contribution < 1.29 is 19.1 Å². The van der Waals surface area contributed by atoms with Crippen molar-refractivity contribution in [2.75, 3.05) is 6.54 Å². The molecule has 5 nitrogen and oxygen atoms in total. The molecular formula is C20H19NO4. The van der Waals surface area contributed by atoms with Crippen molar-refractivity contribution in [3.05, 3.63) is 71.8 Å². The van der Waals surface area contributed by atoms with Gasteiger partial charge < -0.3 is 9.47 Å². The number of cyclic esters (lactones) is 1. The van der Waals surface area contributed by atoms with Crippen LogP contribution in [-0.4, -0.2) is 29.0 Å². The van der Waals surface area contributed by atoms with Crippen LogP contribution in [0.4, 0.5) is 4.79 Å². The van der Waals surface area contributed by atoms with E-state index >= 15 is 0 Å². The molecule has 2 atom stereocenters. The first kappa shape index (κ1) is 15.7. The molecule has 1 spiro atoms. The van der Waals surface area contributed by atoms with E-state index in [0.29, 0.717) is 13.0 Å². The topological polar surface area (TPSA) is 55.8 Å². The van der Waals surface area contributed by atoms with Gasteiger partial charge in [-0.25, -0.2) is 9.59 Å². The smallest absolute Gasteiger partial charge is 0.411 e. The summed E-state index contributed by atoms with van der Waals surface area (Å²) in [7, 11) is 0. The van der Waals surface area contributed by atoms with Crippen molar-refractivity contribution in [2.45, 2.75) is 31.1 Å². The summed E-state index contributed by atoms with van der Waals surface area (Å²) in [5.41, 5.74) is 0.902. The fourth-order valence-corrected chi connectivity index (χ4v) is 3.70. The van der Waals surface area contributed by atoms with E-state index in [1.165, 1.54) is 0 Å². The highest BCUT2D eigenvalue weighted by Gasteiger charge is 2.66. The zero-order valence-corrected chi connectivity index (χ0v) is 13.8. The molecule has 2 aliphatic rings. The number of carbonyl (C=O) groups is 2. The van der Waals surface area contributed by atoms with E-state index in [9.17, 15) is 9.59 Å². The van der Waals surface area contributed by atoms with Crippen LogP contribution in [0.15, 0.2) is 60.7 Å². The minimum Gasteiger partial charge on any atom is -0.452 e. The second-order valence-electron chi connectivity index (χ2n) is 6.42. The Morgan fingerprint density at radius 3 is 2.48 bits per heavy atom. The summed E-state index contributed by atoms with van der Waals surface area (Å²) in [4.78, 5) is 26.6. The highest BCUT2D eigenvalue weighted by atomic mass is 16.6. The average Bonchev–Trinajstić information content (AvgIpc) is 3.14. The Hall–Kier alpha value is -2.82. The van der Waals surface area contributed by atoms with E-state index in [1.807, 2.05) is 60.7 Å². The van der Waals surface area contributed by atoms with E-state index in [-0.39, 0.29) is 12.6 Å². The molecule has 0 aliphatic carbocycles. The Morgan fingerprint density at radius 1 is 1.12 bits per heavy atom. The van der Waals surface area contributed by atoms with Crippen LogP contribution in [0.1, 0.15) is 30.1 Å². The van der Waals surface area contributed by atoms with Gasteiger partial charge in [0.15, 0.2) is 11.6 Å². The summed E-state index contributed by atoms with van der Waals surface area (Å²) in [6.07, 6.45) is 0.483. The first-order valence-corrected chi connectivity index (χ1v) is 8.46. The largest absolute Gasteiger partial charge is 0.452 e. The lowest BCUT2D eigenvalue weighted by Gasteiger charge is -2.48. The third-order valence-corrected chi connectivity index (χ3v) is 4.96.